The minimum absolute atomic E-state index is 0.386. The summed E-state index contributed by atoms with van der Waals surface area (Å²) in [4.78, 5) is 17.9. The quantitative estimate of drug-likeness (QED) is 0.928. The second kappa shape index (κ2) is 6.01. The molecule has 1 aliphatic rings. The van der Waals surface area contributed by atoms with Crippen LogP contribution in [-0.4, -0.2) is 29.1 Å². The fourth-order valence-corrected chi connectivity index (χ4v) is 2.71. The molecular weight excluding hydrogens is 304 g/mol. The molecule has 1 aromatic carbocycles. The van der Waals surface area contributed by atoms with Gasteiger partial charge in [0.2, 0.25) is 0 Å². The number of carboxylic acid groups (broad SMARTS) is 1. The zero-order valence-corrected chi connectivity index (χ0v) is 13.0. The lowest BCUT2D eigenvalue weighted by atomic mass is 10.0. The molecule has 0 bridgehead atoms. The highest BCUT2D eigenvalue weighted by molar-refractivity contribution is 6.30. The Kier molecular flexibility index (Phi) is 4.07. The molecule has 3 rings (SSSR count). The van der Waals surface area contributed by atoms with E-state index < -0.39 is 11.9 Å². The number of oxazole rings is 1. The summed E-state index contributed by atoms with van der Waals surface area (Å²) in [5, 5.41) is 9.93. The Balaban J connectivity index is 2.05. The number of carboxylic acids is 1. The van der Waals surface area contributed by atoms with Gasteiger partial charge in [0.15, 0.2) is 0 Å². The number of halogens is 1. The largest absolute Gasteiger partial charge is 0.481 e. The maximum Gasteiger partial charge on any atom is 0.314 e. The highest BCUT2D eigenvalue weighted by atomic mass is 35.5. The Morgan fingerprint density at radius 3 is 2.55 bits per heavy atom. The zero-order valence-electron chi connectivity index (χ0n) is 12.3. The number of benzene rings is 1. The number of hydrogen-bond acceptors (Lipinski definition) is 4. The summed E-state index contributed by atoms with van der Waals surface area (Å²) >= 11 is 5.91. The van der Waals surface area contributed by atoms with E-state index in [0.29, 0.717) is 22.5 Å². The van der Waals surface area contributed by atoms with Crippen LogP contribution in [0.5, 0.6) is 0 Å². The van der Waals surface area contributed by atoms with Gasteiger partial charge in [-0.05, 0) is 31.9 Å². The van der Waals surface area contributed by atoms with E-state index in [0.717, 1.165) is 31.5 Å². The number of anilines is 1. The van der Waals surface area contributed by atoms with Crippen molar-refractivity contribution in [1.29, 1.82) is 0 Å². The van der Waals surface area contributed by atoms with E-state index >= 15 is 0 Å². The van der Waals surface area contributed by atoms with Crippen molar-refractivity contribution in [2.75, 3.05) is 18.0 Å². The number of carbonyl (C=O) groups is 1. The van der Waals surface area contributed by atoms with Gasteiger partial charge < -0.3 is 14.4 Å². The van der Waals surface area contributed by atoms with Crippen molar-refractivity contribution < 1.29 is 14.3 Å². The monoisotopic (exact) mass is 320 g/mol. The third kappa shape index (κ3) is 2.81. The predicted octanol–water partition coefficient (Wildman–Crippen LogP) is 3.78. The lowest BCUT2D eigenvalue weighted by Gasteiger charge is -2.11. The minimum Gasteiger partial charge on any atom is -0.481 e. The standard InChI is InChI=1S/C16H17ClN2O3/c1-10(15(20)21)14-13(11-4-6-12(17)7-5-11)18-16(22-14)19-8-2-3-9-19/h4-7,10H,2-3,8-9H2,1H3,(H,20,21). The summed E-state index contributed by atoms with van der Waals surface area (Å²) in [5.74, 6) is -1.30. The number of rotatable bonds is 4. The molecule has 0 radical (unpaired) electrons. The Bertz CT molecular complexity index is 675. The molecule has 0 spiro atoms. The second-order valence-corrected chi connectivity index (χ2v) is 5.91. The highest BCUT2D eigenvalue weighted by Crippen LogP contribution is 2.34. The number of aliphatic carboxylic acids is 1. The molecule has 1 unspecified atom stereocenters. The molecule has 22 heavy (non-hydrogen) atoms. The third-order valence-corrected chi connectivity index (χ3v) is 4.15. The molecule has 1 fully saturated rings. The van der Waals surface area contributed by atoms with Gasteiger partial charge in [0.1, 0.15) is 17.4 Å². The Morgan fingerprint density at radius 1 is 1.32 bits per heavy atom. The van der Waals surface area contributed by atoms with Crippen LogP contribution in [0.4, 0.5) is 6.01 Å². The van der Waals surface area contributed by atoms with Gasteiger partial charge in [0.05, 0.1) is 0 Å². The van der Waals surface area contributed by atoms with Crippen molar-refractivity contribution in [2.24, 2.45) is 0 Å². The second-order valence-electron chi connectivity index (χ2n) is 5.47. The van der Waals surface area contributed by atoms with Crippen LogP contribution in [0, 0.1) is 0 Å². The molecule has 2 aromatic rings. The lowest BCUT2D eigenvalue weighted by molar-refractivity contribution is -0.138. The Hall–Kier alpha value is -2.01. The third-order valence-electron chi connectivity index (χ3n) is 3.90. The van der Waals surface area contributed by atoms with Crippen LogP contribution < -0.4 is 4.90 Å². The average molecular weight is 321 g/mol. The van der Waals surface area contributed by atoms with Gasteiger partial charge >= 0.3 is 5.97 Å². The zero-order chi connectivity index (χ0) is 15.7. The van der Waals surface area contributed by atoms with Gasteiger partial charge in [-0.25, -0.2) is 0 Å². The molecule has 1 aliphatic heterocycles. The van der Waals surface area contributed by atoms with Gasteiger partial charge in [-0.3, -0.25) is 4.79 Å². The van der Waals surface area contributed by atoms with E-state index in [1.165, 1.54) is 0 Å². The average Bonchev–Trinajstić information content (AvgIpc) is 3.16. The van der Waals surface area contributed by atoms with E-state index in [2.05, 4.69) is 9.88 Å². The maximum absolute atomic E-state index is 11.3. The Morgan fingerprint density at radius 2 is 1.95 bits per heavy atom. The van der Waals surface area contributed by atoms with Crippen LogP contribution in [0.2, 0.25) is 5.02 Å². The van der Waals surface area contributed by atoms with E-state index in [9.17, 15) is 9.90 Å². The van der Waals surface area contributed by atoms with Crippen LogP contribution in [0.3, 0.4) is 0 Å². The normalized spacial score (nSPS) is 16.0. The van der Waals surface area contributed by atoms with Crippen LogP contribution in [-0.2, 0) is 4.79 Å². The maximum atomic E-state index is 11.3. The van der Waals surface area contributed by atoms with Crippen LogP contribution in [0.1, 0.15) is 31.4 Å². The topological polar surface area (TPSA) is 66.6 Å². The van der Waals surface area contributed by atoms with Crippen molar-refractivity contribution in [2.45, 2.75) is 25.7 Å². The van der Waals surface area contributed by atoms with Gasteiger partial charge in [0, 0.05) is 23.7 Å². The smallest absolute Gasteiger partial charge is 0.314 e. The van der Waals surface area contributed by atoms with Crippen LogP contribution in [0.25, 0.3) is 11.3 Å². The lowest BCUT2D eigenvalue weighted by Crippen LogP contribution is -2.17. The number of nitrogens with zero attached hydrogens (tertiary/aromatic N) is 2. The highest BCUT2D eigenvalue weighted by Gasteiger charge is 2.28. The molecular formula is C16H17ClN2O3. The summed E-state index contributed by atoms with van der Waals surface area (Å²) in [5.41, 5.74) is 1.38. The molecule has 2 heterocycles. The van der Waals surface area contributed by atoms with Crippen molar-refractivity contribution in [3.8, 4) is 11.3 Å². The summed E-state index contributed by atoms with van der Waals surface area (Å²) in [6.07, 6.45) is 2.20. The molecule has 1 atom stereocenters. The molecule has 5 nitrogen and oxygen atoms in total. The van der Waals surface area contributed by atoms with Crippen LogP contribution >= 0.6 is 11.6 Å². The van der Waals surface area contributed by atoms with Gasteiger partial charge in [-0.1, -0.05) is 23.7 Å². The van der Waals surface area contributed by atoms with Crippen LogP contribution in [0.15, 0.2) is 28.7 Å². The molecule has 0 saturated carbocycles. The predicted molar refractivity (Wildman–Crippen MR) is 84.4 cm³/mol. The molecule has 0 aliphatic carbocycles. The fourth-order valence-electron chi connectivity index (χ4n) is 2.58. The summed E-state index contributed by atoms with van der Waals surface area (Å²) in [6, 6.07) is 7.68. The van der Waals surface area contributed by atoms with Crippen molar-refractivity contribution in [1.82, 2.24) is 4.98 Å². The molecule has 0 amide bonds. The van der Waals surface area contributed by atoms with E-state index in [1.807, 2.05) is 12.1 Å². The first-order valence-corrected chi connectivity index (χ1v) is 7.68. The van der Waals surface area contributed by atoms with Gasteiger partial charge in [0.25, 0.3) is 6.01 Å². The summed E-state index contributed by atoms with van der Waals surface area (Å²) in [6.45, 7) is 3.39. The van der Waals surface area contributed by atoms with Gasteiger partial charge in [-0.15, -0.1) is 0 Å². The van der Waals surface area contributed by atoms with Crippen molar-refractivity contribution in [3.05, 3.63) is 35.0 Å². The first-order valence-electron chi connectivity index (χ1n) is 7.30. The van der Waals surface area contributed by atoms with E-state index in [1.54, 1.807) is 19.1 Å². The summed E-state index contributed by atoms with van der Waals surface area (Å²) < 4.78 is 5.81. The minimum atomic E-state index is -0.931. The molecule has 1 aromatic heterocycles. The Labute approximate surface area is 133 Å². The van der Waals surface area contributed by atoms with E-state index in [4.69, 9.17) is 16.0 Å². The molecule has 116 valence electrons. The summed E-state index contributed by atoms with van der Waals surface area (Å²) in [7, 11) is 0. The fraction of sp³-hybridized carbons (Fsp3) is 0.375. The molecule has 1 N–H and O–H groups in total. The number of hydrogen-bond donors (Lipinski definition) is 1. The van der Waals surface area contributed by atoms with Gasteiger partial charge in [-0.2, -0.15) is 4.98 Å². The van der Waals surface area contributed by atoms with Crippen molar-refractivity contribution >= 4 is 23.6 Å². The van der Waals surface area contributed by atoms with E-state index in [-0.39, 0.29) is 0 Å². The molecule has 1 saturated heterocycles. The number of aromatic nitrogens is 1. The first-order chi connectivity index (χ1) is 10.6. The molecule has 6 heteroatoms. The first kappa shape index (κ1) is 14.9. The van der Waals surface area contributed by atoms with Crippen molar-refractivity contribution in [3.63, 3.8) is 0 Å². The SMILES string of the molecule is CC(C(=O)O)c1oc(N2CCCC2)nc1-c1ccc(Cl)cc1.